The predicted octanol–water partition coefficient (Wildman–Crippen LogP) is 3.03. The summed E-state index contributed by atoms with van der Waals surface area (Å²) >= 11 is 0. The van der Waals surface area contributed by atoms with Crippen molar-refractivity contribution >= 4 is 34.7 Å². The third-order valence-corrected chi connectivity index (χ3v) is 4.34. The van der Waals surface area contributed by atoms with Crippen LogP contribution < -0.4 is 15.4 Å². The molecule has 0 spiro atoms. The second-order valence-corrected chi connectivity index (χ2v) is 6.34. The van der Waals surface area contributed by atoms with Crippen molar-refractivity contribution < 1.29 is 19.1 Å². The summed E-state index contributed by atoms with van der Waals surface area (Å²) in [5.74, 6) is -0.510. The second-order valence-electron chi connectivity index (χ2n) is 6.34. The molecule has 148 valence electrons. The van der Waals surface area contributed by atoms with Gasteiger partial charge in [-0.1, -0.05) is 30.3 Å². The van der Waals surface area contributed by atoms with Gasteiger partial charge in [-0.3, -0.25) is 19.3 Å². The van der Waals surface area contributed by atoms with Gasteiger partial charge in [0.1, 0.15) is 11.4 Å². The fraction of sp³-hybridized carbons (Fsp3) is 0.136. The Morgan fingerprint density at radius 2 is 1.79 bits per heavy atom. The molecule has 7 nitrogen and oxygen atoms in total. The Bertz CT molecular complexity index is 1010. The zero-order valence-corrected chi connectivity index (χ0v) is 16.2. The maximum atomic E-state index is 13.0. The Balaban J connectivity index is 2.06. The lowest BCUT2D eigenvalue weighted by atomic mass is 10.0. The van der Waals surface area contributed by atoms with Gasteiger partial charge >= 0.3 is 0 Å². The summed E-state index contributed by atoms with van der Waals surface area (Å²) in [6.45, 7) is 5.14. The summed E-state index contributed by atoms with van der Waals surface area (Å²) in [4.78, 5) is 38.3. The van der Waals surface area contributed by atoms with Crippen LogP contribution in [0.1, 0.15) is 12.5 Å². The highest BCUT2D eigenvalue weighted by molar-refractivity contribution is 6.36. The second kappa shape index (κ2) is 8.43. The average Bonchev–Trinajstić information content (AvgIpc) is 2.93. The van der Waals surface area contributed by atoms with Crippen LogP contribution in [-0.2, 0) is 14.4 Å². The molecule has 1 aliphatic heterocycles. The fourth-order valence-electron chi connectivity index (χ4n) is 3.06. The van der Waals surface area contributed by atoms with E-state index in [2.05, 4.69) is 17.2 Å². The molecule has 29 heavy (non-hydrogen) atoms. The number of carbonyl (C=O) groups excluding carboxylic acids is 3. The van der Waals surface area contributed by atoms with Crippen LogP contribution in [0.25, 0.3) is 5.57 Å². The molecule has 0 unspecified atom stereocenters. The molecule has 0 atom stereocenters. The summed E-state index contributed by atoms with van der Waals surface area (Å²) < 4.78 is 5.33. The van der Waals surface area contributed by atoms with Crippen molar-refractivity contribution in [2.24, 2.45) is 0 Å². The molecule has 7 heteroatoms. The zero-order valence-electron chi connectivity index (χ0n) is 16.2. The summed E-state index contributed by atoms with van der Waals surface area (Å²) in [5, 5.41) is 5.74. The molecular formula is C22H21N3O4. The quantitative estimate of drug-likeness (QED) is 0.560. The van der Waals surface area contributed by atoms with Crippen molar-refractivity contribution in [1.29, 1.82) is 0 Å². The van der Waals surface area contributed by atoms with Gasteiger partial charge in [0.25, 0.3) is 11.8 Å². The van der Waals surface area contributed by atoms with E-state index in [9.17, 15) is 14.4 Å². The lowest BCUT2D eigenvalue weighted by Gasteiger charge is -2.13. The molecule has 3 amide bonds. The van der Waals surface area contributed by atoms with Crippen LogP contribution in [0.4, 0.5) is 11.4 Å². The van der Waals surface area contributed by atoms with E-state index in [1.54, 1.807) is 42.5 Å². The molecule has 0 fully saturated rings. The molecule has 0 saturated carbocycles. The third-order valence-electron chi connectivity index (χ3n) is 4.34. The topological polar surface area (TPSA) is 87.7 Å². The van der Waals surface area contributed by atoms with E-state index >= 15 is 0 Å². The Hall–Kier alpha value is -3.87. The Morgan fingerprint density at radius 3 is 2.41 bits per heavy atom. The number of hydrogen-bond acceptors (Lipinski definition) is 5. The number of methoxy groups -OCH3 is 1. The smallest absolute Gasteiger partial charge is 0.278 e. The molecule has 0 aromatic heterocycles. The van der Waals surface area contributed by atoms with Crippen LogP contribution in [0.3, 0.4) is 0 Å². The maximum Gasteiger partial charge on any atom is 0.278 e. The first-order valence-electron chi connectivity index (χ1n) is 8.95. The highest BCUT2D eigenvalue weighted by Gasteiger charge is 2.38. The first kappa shape index (κ1) is 19.9. The van der Waals surface area contributed by atoms with Crippen LogP contribution in [0.2, 0.25) is 0 Å². The minimum atomic E-state index is -0.443. The van der Waals surface area contributed by atoms with E-state index in [0.717, 1.165) is 4.90 Å². The predicted molar refractivity (Wildman–Crippen MR) is 111 cm³/mol. The van der Waals surface area contributed by atoms with Crippen LogP contribution in [0, 0.1) is 0 Å². The number of anilines is 2. The van der Waals surface area contributed by atoms with Crippen molar-refractivity contribution in [2.75, 3.05) is 24.3 Å². The average molecular weight is 391 g/mol. The SMILES string of the molecule is C=CCN1C(=O)C(Nc2ccccc2OC)=C(c2ccc(NC(C)=O)cc2)C1=O. The molecule has 1 heterocycles. The van der Waals surface area contributed by atoms with E-state index < -0.39 is 11.8 Å². The number of nitrogens with one attached hydrogen (secondary N) is 2. The third kappa shape index (κ3) is 4.03. The number of ether oxygens (including phenoxy) is 1. The summed E-state index contributed by atoms with van der Waals surface area (Å²) in [5.41, 5.74) is 2.13. The van der Waals surface area contributed by atoms with Crippen molar-refractivity contribution in [1.82, 2.24) is 4.90 Å². The van der Waals surface area contributed by atoms with Gasteiger partial charge in [-0.2, -0.15) is 0 Å². The van der Waals surface area contributed by atoms with E-state index in [1.165, 1.54) is 20.1 Å². The van der Waals surface area contributed by atoms with Crippen LogP contribution in [-0.4, -0.2) is 36.3 Å². The first-order valence-corrected chi connectivity index (χ1v) is 8.95. The molecule has 2 aromatic rings. The van der Waals surface area contributed by atoms with Gasteiger partial charge in [0.15, 0.2) is 0 Å². The largest absolute Gasteiger partial charge is 0.495 e. The van der Waals surface area contributed by atoms with Crippen molar-refractivity contribution in [3.05, 3.63) is 72.4 Å². The Morgan fingerprint density at radius 1 is 1.10 bits per heavy atom. The van der Waals surface area contributed by atoms with Gasteiger partial charge < -0.3 is 15.4 Å². The highest BCUT2D eigenvalue weighted by atomic mass is 16.5. The number of benzene rings is 2. The van der Waals surface area contributed by atoms with Gasteiger partial charge in [0.2, 0.25) is 5.91 Å². The number of para-hydroxylation sites is 2. The lowest BCUT2D eigenvalue weighted by molar-refractivity contribution is -0.136. The number of amides is 3. The molecule has 3 rings (SSSR count). The molecule has 0 saturated heterocycles. The number of nitrogens with zero attached hydrogens (tertiary/aromatic N) is 1. The number of imide groups is 1. The number of carbonyl (C=O) groups is 3. The van der Waals surface area contributed by atoms with Crippen LogP contribution >= 0.6 is 0 Å². The van der Waals surface area contributed by atoms with Crippen molar-refractivity contribution in [2.45, 2.75) is 6.92 Å². The standard InChI is InChI=1S/C22H21N3O4/c1-4-13-25-21(27)19(15-9-11-16(12-10-15)23-14(2)26)20(22(25)28)24-17-7-5-6-8-18(17)29-3/h4-12,24H,1,13H2,2-3H3,(H,23,26). The van der Waals surface area contributed by atoms with Gasteiger partial charge in [-0.15, -0.1) is 6.58 Å². The van der Waals surface area contributed by atoms with Gasteiger partial charge in [-0.25, -0.2) is 0 Å². The van der Waals surface area contributed by atoms with Gasteiger partial charge in [-0.05, 0) is 29.8 Å². The van der Waals surface area contributed by atoms with E-state index in [0.29, 0.717) is 22.7 Å². The molecule has 2 aromatic carbocycles. The molecular weight excluding hydrogens is 370 g/mol. The minimum Gasteiger partial charge on any atom is -0.495 e. The van der Waals surface area contributed by atoms with Gasteiger partial charge in [0, 0.05) is 19.2 Å². The Labute approximate surface area is 168 Å². The lowest BCUT2D eigenvalue weighted by Crippen LogP contribution is -2.32. The van der Waals surface area contributed by atoms with E-state index in [1.807, 2.05) is 6.07 Å². The molecule has 1 aliphatic rings. The fourth-order valence-corrected chi connectivity index (χ4v) is 3.06. The molecule has 0 aliphatic carbocycles. The summed E-state index contributed by atoms with van der Waals surface area (Å²) in [7, 11) is 1.53. The van der Waals surface area contributed by atoms with E-state index in [-0.39, 0.29) is 23.7 Å². The summed E-state index contributed by atoms with van der Waals surface area (Å²) in [6, 6.07) is 13.9. The Kier molecular flexibility index (Phi) is 5.78. The first-order chi connectivity index (χ1) is 14.0. The van der Waals surface area contributed by atoms with Crippen LogP contribution in [0.15, 0.2) is 66.9 Å². The normalized spacial score (nSPS) is 13.5. The maximum absolute atomic E-state index is 13.0. The molecule has 2 N–H and O–H groups in total. The van der Waals surface area contributed by atoms with Crippen molar-refractivity contribution in [3.8, 4) is 5.75 Å². The van der Waals surface area contributed by atoms with Gasteiger partial charge in [0.05, 0.1) is 18.4 Å². The molecule has 0 radical (unpaired) electrons. The highest BCUT2D eigenvalue weighted by Crippen LogP contribution is 2.33. The van der Waals surface area contributed by atoms with Crippen LogP contribution in [0.5, 0.6) is 5.75 Å². The van der Waals surface area contributed by atoms with E-state index in [4.69, 9.17) is 4.74 Å². The zero-order chi connectivity index (χ0) is 21.0. The number of rotatable bonds is 7. The number of hydrogen-bond donors (Lipinski definition) is 2. The minimum absolute atomic E-state index is 0.0995. The molecule has 0 bridgehead atoms. The summed E-state index contributed by atoms with van der Waals surface area (Å²) in [6.07, 6.45) is 1.50. The van der Waals surface area contributed by atoms with Crippen molar-refractivity contribution in [3.63, 3.8) is 0 Å². The monoisotopic (exact) mass is 391 g/mol.